The van der Waals surface area contributed by atoms with Gasteiger partial charge in [-0.15, -0.1) is 0 Å². The molecule has 1 heterocycles. The second-order valence-corrected chi connectivity index (χ2v) is 8.56. The van der Waals surface area contributed by atoms with Gasteiger partial charge in [-0.25, -0.2) is 0 Å². The Morgan fingerprint density at radius 1 is 0.963 bits per heavy atom. The van der Waals surface area contributed by atoms with Gasteiger partial charge in [-0.2, -0.15) is 5.26 Å². The lowest BCUT2D eigenvalue weighted by atomic mass is 9.68. The quantitative estimate of drug-likeness (QED) is 0.601. The summed E-state index contributed by atoms with van der Waals surface area (Å²) < 4.78 is 5.68. The van der Waals surface area contributed by atoms with Crippen LogP contribution in [0.5, 0.6) is 0 Å². The van der Waals surface area contributed by atoms with E-state index >= 15 is 0 Å². The highest BCUT2D eigenvalue weighted by Gasteiger charge is 2.37. The molecule has 1 aliphatic heterocycles. The number of ether oxygens (including phenoxy) is 1. The second kappa shape index (κ2) is 8.05. The summed E-state index contributed by atoms with van der Waals surface area (Å²) in [5, 5.41) is 10.4. The predicted octanol–water partition coefficient (Wildman–Crippen LogP) is 6.55. The van der Waals surface area contributed by atoms with Crippen LogP contribution in [0.25, 0.3) is 0 Å². The maximum absolute atomic E-state index is 9.73. The van der Waals surface area contributed by atoms with E-state index in [0.29, 0.717) is 16.5 Å². The first-order valence-electron chi connectivity index (χ1n) is 9.81. The first kappa shape index (κ1) is 19.9. The molecule has 27 heavy (non-hydrogen) atoms. The van der Waals surface area contributed by atoms with Gasteiger partial charge < -0.3 is 4.74 Å². The Kier molecular flexibility index (Phi) is 5.94. The van der Waals surface area contributed by atoms with E-state index in [4.69, 9.17) is 16.3 Å². The van der Waals surface area contributed by atoms with Crippen LogP contribution >= 0.6 is 11.6 Å². The lowest BCUT2D eigenvalue weighted by molar-refractivity contribution is 0.0631. The van der Waals surface area contributed by atoms with Crippen LogP contribution in [-0.2, 0) is 10.2 Å². The summed E-state index contributed by atoms with van der Waals surface area (Å²) in [6.45, 7) is 10.0. The van der Waals surface area contributed by atoms with Crippen LogP contribution in [0.4, 0.5) is 0 Å². The summed E-state index contributed by atoms with van der Waals surface area (Å²) in [7, 11) is 0. The van der Waals surface area contributed by atoms with Gasteiger partial charge in [0.1, 0.15) is 0 Å². The Balaban J connectivity index is 2.16. The normalized spacial score (nSPS) is 16.5. The predicted molar refractivity (Wildman–Crippen MR) is 112 cm³/mol. The second-order valence-electron chi connectivity index (χ2n) is 8.16. The third kappa shape index (κ3) is 3.77. The minimum absolute atomic E-state index is 0.154. The lowest BCUT2D eigenvalue weighted by Crippen LogP contribution is -2.35. The third-order valence-electron chi connectivity index (χ3n) is 5.86. The number of hydrogen-bond acceptors (Lipinski definition) is 2. The number of nitriles is 1. The molecule has 3 heteroatoms. The minimum Gasteiger partial charge on any atom is -0.381 e. The van der Waals surface area contributed by atoms with Gasteiger partial charge in [0.05, 0.1) is 11.6 Å². The van der Waals surface area contributed by atoms with Crippen LogP contribution in [0.3, 0.4) is 0 Å². The van der Waals surface area contributed by atoms with Crippen molar-refractivity contribution in [2.75, 3.05) is 13.2 Å². The van der Waals surface area contributed by atoms with E-state index in [9.17, 15) is 5.26 Å². The minimum atomic E-state index is -0.154. The zero-order chi connectivity index (χ0) is 19.6. The van der Waals surface area contributed by atoms with Gasteiger partial charge in [-0.3, -0.25) is 0 Å². The van der Waals surface area contributed by atoms with Crippen LogP contribution < -0.4 is 0 Å². The van der Waals surface area contributed by atoms with Gasteiger partial charge in [-0.1, -0.05) is 63.6 Å². The maximum atomic E-state index is 9.73. The molecular formula is C24H28ClNO. The van der Waals surface area contributed by atoms with Crippen molar-refractivity contribution >= 4 is 11.6 Å². The van der Waals surface area contributed by atoms with E-state index < -0.39 is 0 Å². The molecule has 1 aliphatic rings. The topological polar surface area (TPSA) is 33.0 Å². The summed E-state index contributed by atoms with van der Waals surface area (Å²) in [6, 6.07) is 15.5. The Morgan fingerprint density at radius 2 is 1.59 bits per heavy atom. The molecule has 0 radical (unpaired) electrons. The van der Waals surface area contributed by atoms with Crippen LogP contribution in [0, 0.1) is 11.3 Å². The van der Waals surface area contributed by atoms with Gasteiger partial charge in [0.15, 0.2) is 0 Å². The van der Waals surface area contributed by atoms with Gasteiger partial charge in [0.2, 0.25) is 0 Å². The fraction of sp³-hybridized carbons (Fsp3) is 0.458. The molecule has 1 fully saturated rings. The molecule has 1 saturated heterocycles. The van der Waals surface area contributed by atoms with Crippen LogP contribution in [0.1, 0.15) is 80.2 Å². The van der Waals surface area contributed by atoms with Gasteiger partial charge >= 0.3 is 0 Å². The van der Waals surface area contributed by atoms with Crippen molar-refractivity contribution in [3.05, 3.63) is 69.2 Å². The van der Waals surface area contributed by atoms with Crippen LogP contribution in [-0.4, -0.2) is 13.2 Å². The summed E-state index contributed by atoms with van der Waals surface area (Å²) in [6.07, 6.45) is 1.80. The van der Waals surface area contributed by atoms with Crippen molar-refractivity contribution in [1.29, 1.82) is 5.26 Å². The number of hydrogen-bond donors (Lipinski definition) is 0. The highest BCUT2D eigenvalue weighted by atomic mass is 35.5. The van der Waals surface area contributed by atoms with Crippen molar-refractivity contribution in [2.45, 2.75) is 57.8 Å². The fourth-order valence-electron chi connectivity index (χ4n) is 4.22. The SMILES string of the molecule is CC(C)c1ccc(C2(c3cc(Cl)c(C(C)C)c(C#N)c3)CCOCC2)cc1. The van der Waals surface area contributed by atoms with Gasteiger partial charge in [0.25, 0.3) is 0 Å². The number of nitrogens with zero attached hydrogens (tertiary/aromatic N) is 1. The zero-order valence-electron chi connectivity index (χ0n) is 16.7. The molecule has 0 saturated carbocycles. The molecule has 0 aliphatic carbocycles. The zero-order valence-corrected chi connectivity index (χ0v) is 17.4. The standard InChI is InChI=1S/C24H28ClNO/c1-16(2)18-5-7-20(8-6-18)24(9-11-27-12-10-24)21-13-19(15-26)23(17(3)4)22(25)14-21/h5-8,13-14,16-17H,9-12H2,1-4H3. The maximum Gasteiger partial charge on any atom is 0.0995 e. The first-order chi connectivity index (χ1) is 12.9. The van der Waals surface area contributed by atoms with Crippen molar-refractivity contribution < 1.29 is 4.74 Å². The number of rotatable bonds is 4. The Hall–Kier alpha value is -1.82. The molecule has 2 nitrogen and oxygen atoms in total. The van der Waals surface area contributed by atoms with Crippen molar-refractivity contribution in [2.24, 2.45) is 0 Å². The molecule has 0 unspecified atom stereocenters. The monoisotopic (exact) mass is 381 g/mol. The smallest absolute Gasteiger partial charge is 0.0995 e. The number of halogens is 1. The van der Waals surface area contributed by atoms with Crippen molar-refractivity contribution in [3.8, 4) is 6.07 Å². The third-order valence-corrected chi connectivity index (χ3v) is 6.17. The average molecular weight is 382 g/mol. The molecule has 0 spiro atoms. The van der Waals surface area contributed by atoms with E-state index in [1.807, 2.05) is 0 Å². The van der Waals surface area contributed by atoms with E-state index in [-0.39, 0.29) is 11.3 Å². The summed E-state index contributed by atoms with van der Waals surface area (Å²) >= 11 is 6.66. The highest BCUT2D eigenvalue weighted by molar-refractivity contribution is 6.31. The van der Waals surface area contributed by atoms with E-state index in [1.165, 1.54) is 11.1 Å². The van der Waals surface area contributed by atoms with Gasteiger partial charge in [-0.05, 0) is 59.1 Å². The molecular weight excluding hydrogens is 354 g/mol. The molecule has 0 N–H and O–H groups in total. The number of benzene rings is 2. The molecule has 142 valence electrons. The highest BCUT2D eigenvalue weighted by Crippen LogP contribution is 2.44. The summed E-state index contributed by atoms with van der Waals surface area (Å²) in [5.74, 6) is 0.729. The molecule has 3 rings (SSSR count). The largest absolute Gasteiger partial charge is 0.381 e. The van der Waals surface area contributed by atoms with Crippen molar-refractivity contribution in [1.82, 2.24) is 0 Å². The Morgan fingerprint density at radius 3 is 2.11 bits per heavy atom. The average Bonchev–Trinajstić information content (AvgIpc) is 2.67. The lowest BCUT2D eigenvalue weighted by Gasteiger charge is -2.39. The Labute approximate surface area is 168 Å². The fourth-order valence-corrected chi connectivity index (χ4v) is 4.66. The van der Waals surface area contributed by atoms with E-state index in [2.05, 4.69) is 70.2 Å². The molecule has 2 aromatic rings. The van der Waals surface area contributed by atoms with E-state index in [1.54, 1.807) is 0 Å². The molecule has 0 bridgehead atoms. The molecule has 0 amide bonds. The Bertz CT molecular complexity index is 840. The van der Waals surface area contributed by atoms with Gasteiger partial charge in [0, 0.05) is 23.7 Å². The van der Waals surface area contributed by atoms with E-state index in [0.717, 1.165) is 37.2 Å². The van der Waals surface area contributed by atoms with Crippen molar-refractivity contribution in [3.63, 3.8) is 0 Å². The molecule has 2 aromatic carbocycles. The molecule has 0 aromatic heterocycles. The van der Waals surface area contributed by atoms with Crippen LogP contribution in [0.2, 0.25) is 5.02 Å². The summed E-state index contributed by atoms with van der Waals surface area (Å²) in [4.78, 5) is 0. The molecule has 0 atom stereocenters. The van der Waals surface area contributed by atoms with Crippen LogP contribution in [0.15, 0.2) is 36.4 Å². The first-order valence-corrected chi connectivity index (χ1v) is 10.2. The summed E-state index contributed by atoms with van der Waals surface area (Å²) in [5.41, 5.74) is 5.24.